The minimum Gasteiger partial charge on any atom is -0.298 e. The molecule has 0 aliphatic heterocycles. The standard InChI is InChI=1S/C9H7NO/c1-7-3-4-8(6-11)5-9(7)10-2/h3-6H,1H3. The molecule has 0 atom stereocenters. The molecular formula is C9H7NO. The number of carbonyl (C=O) groups is 1. The van der Waals surface area contributed by atoms with Crippen molar-refractivity contribution in [2.45, 2.75) is 6.92 Å². The van der Waals surface area contributed by atoms with Crippen LogP contribution in [0.25, 0.3) is 4.85 Å². The van der Waals surface area contributed by atoms with Crippen LogP contribution in [0.5, 0.6) is 0 Å². The van der Waals surface area contributed by atoms with Crippen molar-refractivity contribution in [3.63, 3.8) is 0 Å². The fourth-order valence-electron chi connectivity index (χ4n) is 0.820. The Morgan fingerprint density at radius 2 is 2.27 bits per heavy atom. The number of hydrogen-bond donors (Lipinski definition) is 0. The van der Waals surface area contributed by atoms with Gasteiger partial charge in [0.25, 0.3) is 0 Å². The van der Waals surface area contributed by atoms with Crippen LogP contribution in [0.15, 0.2) is 18.2 Å². The molecule has 0 saturated carbocycles. The third-order valence-corrected chi connectivity index (χ3v) is 1.49. The largest absolute Gasteiger partial charge is 0.298 e. The molecule has 0 heterocycles. The minimum atomic E-state index is 0.551. The molecule has 1 aromatic rings. The van der Waals surface area contributed by atoms with Gasteiger partial charge in [-0.25, -0.2) is 4.85 Å². The molecule has 2 heteroatoms. The van der Waals surface area contributed by atoms with E-state index in [1.165, 1.54) is 0 Å². The first kappa shape index (κ1) is 7.49. The average molecular weight is 145 g/mol. The lowest BCUT2D eigenvalue weighted by atomic mass is 10.1. The van der Waals surface area contributed by atoms with Crippen LogP contribution in [-0.4, -0.2) is 6.29 Å². The second-order valence-electron chi connectivity index (χ2n) is 2.28. The van der Waals surface area contributed by atoms with E-state index in [1.54, 1.807) is 18.2 Å². The van der Waals surface area contributed by atoms with Gasteiger partial charge in [-0.15, -0.1) is 0 Å². The number of aryl methyl sites for hydroxylation is 1. The van der Waals surface area contributed by atoms with Crippen molar-refractivity contribution in [3.05, 3.63) is 40.7 Å². The zero-order valence-corrected chi connectivity index (χ0v) is 6.16. The Morgan fingerprint density at radius 1 is 1.55 bits per heavy atom. The van der Waals surface area contributed by atoms with E-state index < -0.39 is 0 Å². The zero-order chi connectivity index (χ0) is 8.27. The summed E-state index contributed by atoms with van der Waals surface area (Å²) < 4.78 is 0. The monoisotopic (exact) mass is 145 g/mol. The maximum atomic E-state index is 10.3. The van der Waals surface area contributed by atoms with E-state index in [-0.39, 0.29) is 0 Å². The predicted octanol–water partition coefficient (Wildman–Crippen LogP) is 2.36. The topological polar surface area (TPSA) is 21.4 Å². The van der Waals surface area contributed by atoms with Gasteiger partial charge in [-0.2, -0.15) is 0 Å². The number of carbonyl (C=O) groups excluding carboxylic acids is 1. The number of nitrogens with zero attached hydrogens (tertiary/aromatic N) is 1. The molecule has 1 aromatic carbocycles. The number of aldehydes is 1. The van der Waals surface area contributed by atoms with E-state index in [0.717, 1.165) is 11.8 Å². The smallest absolute Gasteiger partial charge is 0.190 e. The summed E-state index contributed by atoms with van der Waals surface area (Å²) in [4.78, 5) is 13.6. The van der Waals surface area contributed by atoms with Gasteiger partial charge in [0.1, 0.15) is 6.29 Å². The predicted molar refractivity (Wildman–Crippen MR) is 42.8 cm³/mol. The van der Waals surface area contributed by atoms with Crippen LogP contribution in [-0.2, 0) is 0 Å². The summed E-state index contributed by atoms with van der Waals surface area (Å²) in [5, 5.41) is 0. The van der Waals surface area contributed by atoms with E-state index in [9.17, 15) is 4.79 Å². The quantitative estimate of drug-likeness (QED) is 0.439. The first-order chi connectivity index (χ1) is 5.27. The van der Waals surface area contributed by atoms with Gasteiger partial charge in [-0.3, -0.25) is 4.79 Å². The second kappa shape index (κ2) is 2.98. The number of rotatable bonds is 1. The SMILES string of the molecule is [C-]#[N+]c1cc(C=O)ccc1C. The van der Waals surface area contributed by atoms with Crippen molar-refractivity contribution in [2.24, 2.45) is 0 Å². The first-order valence-corrected chi connectivity index (χ1v) is 3.21. The summed E-state index contributed by atoms with van der Waals surface area (Å²) >= 11 is 0. The summed E-state index contributed by atoms with van der Waals surface area (Å²) in [5.74, 6) is 0. The van der Waals surface area contributed by atoms with E-state index in [0.29, 0.717) is 11.3 Å². The summed E-state index contributed by atoms with van der Waals surface area (Å²) in [5.41, 5.74) is 2.02. The molecule has 0 aliphatic carbocycles. The van der Waals surface area contributed by atoms with E-state index in [4.69, 9.17) is 6.57 Å². The van der Waals surface area contributed by atoms with Crippen molar-refractivity contribution in [2.75, 3.05) is 0 Å². The van der Waals surface area contributed by atoms with Crippen LogP contribution >= 0.6 is 0 Å². The molecule has 0 fully saturated rings. The lowest BCUT2D eigenvalue weighted by molar-refractivity contribution is 0.112. The Bertz CT molecular complexity index is 323. The van der Waals surface area contributed by atoms with Gasteiger partial charge in [0.2, 0.25) is 0 Å². The fourth-order valence-corrected chi connectivity index (χ4v) is 0.820. The maximum absolute atomic E-state index is 10.3. The number of hydrogen-bond acceptors (Lipinski definition) is 1. The highest BCUT2D eigenvalue weighted by Crippen LogP contribution is 2.18. The van der Waals surface area contributed by atoms with Gasteiger partial charge in [-0.05, 0) is 18.6 Å². The second-order valence-corrected chi connectivity index (χ2v) is 2.28. The summed E-state index contributed by atoms with van der Waals surface area (Å²) in [6.45, 7) is 8.61. The average Bonchev–Trinajstić information content (AvgIpc) is 2.05. The first-order valence-electron chi connectivity index (χ1n) is 3.21. The summed E-state index contributed by atoms with van der Waals surface area (Å²) in [7, 11) is 0. The van der Waals surface area contributed by atoms with Crippen LogP contribution in [0, 0.1) is 13.5 Å². The maximum Gasteiger partial charge on any atom is 0.190 e. The van der Waals surface area contributed by atoms with Gasteiger partial charge in [0.15, 0.2) is 5.69 Å². The molecule has 0 aromatic heterocycles. The third kappa shape index (κ3) is 1.44. The van der Waals surface area contributed by atoms with Crippen molar-refractivity contribution in [3.8, 4) is 0 Å². The molecule has 0 radical (unpaired) electrons. The molecule has 0 bridgehead atoms. The molecular weight excluding hydrogens is 138 g/mol. The minimum absolute atomic E-state index is 0.551. The Balaban J connectivity index is 3.25. The fraction of sp³-hybridized carbons (Fsp3) is 0.111. The molecule has 0 saturated heterocycles. The molecule has 0 aliphatic rings. The summed E-state index contributed by atoms with van der Waals surface area (Å²) in [6.07, 6.45) is 0.744. The van der Waals surface area contributed by atoms with Gasteiger partial charge >= 0.3 is 0 Å². The van der Waals surface area contributed by atoms with Crippen molar-refractivity contribution < 1.29 is 4.79 Å². The molecule has 11 heavy (non-hydrogen) atoms. The zero-order valence-electron chi connectivity index (χ0n) is 6.16. The van der Waals surface area contributed by atoms with Crippen LogP contribution in [0.2, 0.25) is 0 Å². The number of benzene rings is 1. The van der Waals surface area contributed by atoms with E-state index in [1.807, 2.05) is 6.92 Å². The Kier molecular flexibility index (Phi) is 2.03. The highest BCUT2D eigenvalue weighted by atomic mass is 16.1. The molecule has 0 unspecified atom stereocenters. The molecule has 2 nitrogen and oxygen atoms in total. The Labute approximate surface area is 65.3 Å². The molecule has 0 N–H and O–H groups in total. The van der Waals surface area contributed by atoms with Gasteiger partial charge in [-0.1, -0.05) is 12.1 Å². The van der Waals surface area contributed by atoms with Crippen LogP contribution in [0.1, 0.15) is 15.9 Å². The highest BCUT2D eigenvalue weighted by molar-refractivity contribution is 5.77. The summed E-state index contributed by atoms with van der Waals surface area (Å²) in [6, 6.07) is 5.07. The Morgan fingerprint density at radius 3 is 2.82 bits per heavy atom. The highest BCUT2D eigenvalue weighted by Gasteiger charge is 1.97. The normalized spacial score (nSPS) is 8.73. The van der Waals surface area contributed by atoms with Crippen molar-refractivity contribution in [1.29, 1.82) is 0 Å². The van der Waals surface area contributed by atoms with Gasteiger partial charge < -0.3 is 0 Å². The van der Waals surface area contributed by atoms with Crippen molar-refractivity contribution in [1.82, 2.24) is 0 Å². The van der Waals surface area contributed by atoms with Crippen LogP contribution < -0.4 is 0 Å². The molecule has 0 spiro atoms. The van der Waals surface area contributed by atoms with Crippen LogP contribution in [0.4, 0.5) is 5.69 Å². The molecule has 0 amide bonds. The Hall–Kier alpha value is -1.62. The van der Waals surface area contributed by atoms with Gasteiger partial charge in [0.05, 0.1) is 6.57 Å². The van der Waals surface area contributed by atoms with Crippen molar-refractivity contribution >= 4 is 12.0 Å². The van der Waals surface area contributed by atoms with E-state index >= 15 is 0 Å². The lowest BCUT2D eigenvalue weighted by Crippen LogP contribution is -1.79. The lowest BCUT2D eigenvalue weighted by Gasteiger charge is -1.95. The third-order valence-electron chi connectivity index (χ3n) is 1.49. The van der Waals surface area contributed by atoms with Gasteiger partial charge in [0, 0.05) is 5.56 Å². The molecule has 54 valence electrons. The van der Waals surface area contributed by atoms with Crippen LogP contribution in [0.3, 0.4) is 0 Å². The van der Waals surface area contributed by atoms with E-state index in [2.05, 4.69) is 4.85 Å². The molecule has 1 rings (SSSR count).